The van der Waals surface area contributed by atoms with E-state index in [4.69, 9.17) is 11.6 Å². The Kier molecular flexibility index (Phi) is 1.89. The lowest BCUT2D eigenvalue weighted by atomic mass is 10.3. The van der Waals surface area contributed by atoms with Crippen molar-refractivity contribution in [2.45, 2.75) is 0 Å². The van der Waals surface area contributed by atoms with Gasteiger partial charge in [0.1, 0.15) is 5.15 Å². The standard InChI is InChI=1S/C8H5ClN2O3/c1-11-5-3-10-6(9)2-4(5)7(12)14-8(11)13/h2-3H,1H3. The van der Waals surface area contributed by atoms with Crippen LogP contribution in [0.25, 0.3) is 10.9 Å². The second-order valence-corrected chi connectivity index (χ2v) is 3.13. The van der Waals surface area contributed by atoms with Gasteiger partial charge in [-0.05, 0) is 6.07 Å². The van der Waals surface area contributed by atoms with Crippen molar-refractivity contribution in [1.82, 2.24) is 9.55 Å². The predicted octanol–water partition coefficient (Wildman–Crippen LogP) is 0.540. The fourth-order valence-electron chi connectivity index (χ4n) is 1.15. The van der Waals surface area contributed by atoms with E-state index >= 15 is 0 Å². The molecule has 2 aromatic heterocycles. The van der Waals surface area contributed by atoms with Crippen LogP contribution in [0.3, 0.4) is 0 Å². The molecule has 0 aliphatic carbocycles. The summed E-state index contributed by atoms with van der Waals surface area (Å²) in [7, 11) is 1.49. The second kappa shape index (κ2) is 2.95. The summed E-state index contributed by atoms with van der Waals surface area (Å²) in [4.78, 5) is 26.1. The molecule has 6 heteroatoms. The lowest BCUT2D eigenvalue weighted by Crippen LogP contribution is -2.22. The number of aromatic nitrogens is 2. The third-order valence-electron chi connectivity index (χ3n) is 1.88. The van der Waals surface area contributed by atoms with E-state index in [1.54, 1.807) is 0 Å². The van der Waals surface area contributed by atoms with Gasteiger partial charge in [-0.15, -0.1) is 0 Å². The summed E-state index contributed by atoms with van der Waals surface area (Å²) in [6.07, 6.45) is 1.36. The molecular weight excluding hydrogens is 208 g/mol. The molecule has 0 atom stereocenters. The SMILES string of the molecule is Cn1c(=O)oc(=O)c2cc(Cl)ncc21. The Morgan fingerprint density at radius 2 is 2.21 bits per heavy atom. The number of halogens is 1. The summed E-state index contributed by atoms with van der Waals surface area (Å²) >= 11 is 5.60. The van der Waals surface area contributed by atoms with Crippen LogP contribution in [-0.2, 0) is 7.05 Å². The summed E-state index contributed by atoms with van der Waals surface area (Å²) in [5.74, 6) is -0.716. The van der Waals surface area contributed by atoms with Crippen molar-refractivity contribution in [3.05, 3.63) is 38.4 Å². The minimum absolute atomic E-state index is 0.184. The third-order valence-corrected chi connectivity index (χ3v) is 2.09. The first-order valence-electron chi connectivity index (χ1n) is 3.75. The van der Waals surface area contributed by atoms with Crippen molar-refractivity contribution in [3.63, 3.8) is 0 Å². The molecule has 0 unspecified atom stereocenters. The van der Waals surface area contributed by atoms with Crippen molar-refractivity contribution >= 4 is 22.5 Å². The molecule has 0 N–H and O–H groups in total. The van der Waals surface area contributed by atoms with Gasteiger partial charge in [-0.2, -0.15) is 0 Å². The maximum Gasteiger partial charge on any atom is 0.422 e. The fourth-order valence-corrected chi connectivity index (χ4v) is 1.31. The highest BCUT2D eigenvalue weighted by Gasteiger charge is 2.06. The van der Waals surface area contributed by atoms with Gasteiger partial charge in [-0.3, -0.25) is 4.57 Å². The van der Waals surface area contributed by atoms with Gasteiger partial charge in [0.2, 0.25) is 0 Å². The topological polar surface area (TPSA) is 65.1 Å². The molecule has 0 radical (unpaired) electrons. The molecule has 0 fully saturated rings. The van der Waals surface area contributed by atoms with E-state index in [0.717, 1.165) is 0 Å². The Labute approximate surface area is 82.6 Å². The minimum Gasteiger partial charge on any atom is -0.372 e. The summed E-state index contributed by atoms with van der Waals surface area (Å²) in [5.41, 5.74) is -0.303. The number of pyridine rings is 1. The smallest absolute Gasteiger partial charge is 0.372 e. The first-order chi connectivity index (χ1) is 6.59. The summed E-state index contributed by atoms with van der Waals surface area (Å²) in [6.45, 7) is 0. The summed E-state index contributed by atoms with van der Waals surface area (Å²) in [6, 6.07) is 1.36. The normalized spacial score (nSPS) is 10.7. The van der Waals surface area contributed by atoms with Crippen LogP contribution < -0.4 is 11.4 Å². The molecule has 5 nitrogen and oxygen atoms in total. The molecule has 0 saturated carbocycles. The predicted molar refractivity (Wildman–Crippen MR) is 50.5 cm³/mol. The third kappa shape index (κ3) is 1.22. The zero-order chi connectivity index (χ0) is 10.3. The molecule has 0 aliphatic heterocycles. The Morgan fingerprint density at radius 3 is 2.93 bits per heavy atom. The summed E-state index contributed by atoms with van der Waals surface area (Å²) in [5, 5.41) is 0.426. The van der Waals surface area contributed by atoms with Crippen LogP contribution in [-0.4, -0.2) is 9.55 Å². The van der Waals surface area contributed by atoms with Gasteiger partial charge in [0.25, 0.3) is 0 Å². The number of nitrogens with zero attached hydrogens (tertiary/aromatic N) is 2. The number of rotatable bonds is 0. The van der Waals surface area contributed by atoms with Gasteiger partial charge in [-0.25, -0.2) is 14.6 Å². The van der Waals surface area contributed by atoms with Crippen LogP contribution in [0.5, 0.6) is 0 Å². The molecule has 2 heterocycles. The van der Waals surface area contributed by atoms with E-state index in [1.807, 2.05) is 0 Å². The quantitative estimate of drug-likeness (QED) is 0.598. The van der Waals surface area contributed by atoms with E-state index < -0.39 is 11.4 Å². The summed E-state index contributed by atoms with van der Waals surface area (Å²) < 4.78 is 5.64. The molecule has 72 valence electrons. The zero-order valence-electron chi connectivity index (χ0n) is 7.15. The molecule has 0 aliphatic rings. The Morgan fingerprint density at radius 1 is 1.50 bits per heavy atom. The number of hydrogen-bond acceptors (Lipinski definition) is 4. The Balaban J connectivity index is 3.10. The molecule has 2 aromatic rings. The van der Waals surface area contributed by atoms with Crippen molar-refractivity contribution in [3.8, 4) is 0 Å². The van der Waals surface area contributed by atoms with E-state index in [0.29, 0.717) is 5.52 Å². The lowest BCUT2D eigenvalue weighted by molar-refractivity contribution is 0.432. The van der Waals surface area contributed by atoms with Gasteiger partial charge in [-0.1, -0.05) is 11.6 Å². The van der Waals surface area contributed by atoms with Gasteiger partial charge in [0, 0.05) is 7.05 Å². The number of fused-ring (bicyclic) bond motifs is 1. The van der Waals surface area contributed by atoms with E-state index in [1.165, 1.54) is 23.9 Å². The molecule has 0 spiro atoms. The number of aryl methyl sites for hydroxylation is 1. The van der Waals surface area contributed by atoms with Crippen LogP contribution in [0, 0.1) is 0 Å². The van der Waals surface area contributed by atoms with Crippen molar-refractivity contribution in [2.75, 3.05) is 0 Å². The van der Waals surface area contributed by atoms with Crippen molar-refractivity contribution < 1.29 is 4.42 Å². The number of hydrogen-bond donors (Lipinski definition) is 0. The first-order valence-corrected chi connectivity index (χ1v) is 4.13. The highest BCUT2D eigenvalue weighted by Crippen LogP contribution is 2.10. The van der Waals surface area contributed by atoms with Crippen molar-refractivity contribution in [1.29, 1.82) is 0 Å². The maximum absolute atomic E-state index is 11.2. The van der Waals surface area contributed by atoms with Gasteiger partial charge < -0.3 is 4.42 Å². The lowest BCUT2D eigenvalue weighted by Gasteiger charge is -2.00. The minimum atomic E-state index is -0.716. The van der Waals surface area contributed by atoms with Crippen LogP contribution in [0.1, 0.15) is 0 Å². The molecule has 0 amide bonds. The molecule has 2 rings (SSSR count). The molecular formula is C8H5ClN2O3. The second-order valence-electron chi connectivity index (χ2n) is 2.74. The molecule has 0 aromatic carbocycles. The van der Waals surface area contributed by atoms with E-state index in [9.17, 15) is 9.59 Å². The molecule has 0 bridgehead atoms. The van der Waals surface area contributed by atoms with E-state index in [-0.39, 0.29) is 10.5 Å². The highest BCUT2D eigenvalue weighted by atomic mass is 35.5. The maximum atomic E-state index is 11.2. The molecule has 14 heavy (non-hydrogen) atoms. The van der Waals surface area contributed by atoms with Gasteiger partial charge in [0.15, 0.2) is 0 Å². The fraction of sp³-hybridized carbons (Fsp3) is 0.125. The monoisotopic (exact) mass is 212 g/mol. The van der Waals surface area contributed by atoms with Gasteiger partial charge >= 0.3 is 11.4 Å². The van der Waals surface area contributed by atoms with Crippen LogP contribution in [0.15, 0.2) is 26.3 Å². The van der Waals surface area contributed by atoms with Gasteiger partial charge in [0.05, 0.1) is 17.1 Å². The largest absolute Gasteiger partial charge is 0.422 e. The zero-order valence-corrected chi connectivity index (χ0v) is 7.91. The molecule has 0 saturated heterocycles. The van der Waals surface area contributed by atoms with Crippen LogP contribution in [0.2, 0.25) is 5.15 Å². The highest BCUT2D eigenvalue weighted by molar-refractivity contribution is 6.30. The van der Waals surface area contributed by atoms with Crippen LogP contribution >= 0.6 is 11.6 Å². The van der Waals surface area contributed by atoms with Crippen molar-refractivity contribution in [2.24, 2.45) is 7.05 Å². The average Bonchev–Trinajstić information content (AvgIpc) is 2.14. The first kappa shape index (κ1) is 8.96. The van der Waals surface area contributed by atoms with E-state index in [2.05, 4.69) is 9.40 Å². The Bertz CT molecular complexity index is 614. The van der Waals surface area contributed by atoms with Crippen LogP contribution in [0.4, 0.5) is 0 Å². The average molecular weight is 213 g/mol. The Hall–Kier alpha value is -1.62.